The summed E-state index contributed by atoms with van der Waals surface area (Å²) in [7, 11) is 0. The molecule has 2 unspecified atom stereocenters. The number of fused-ring (bicyclic) bond motifs is 1. The van der Waals surface area contributed by atoms with Crippen molar-refractivity contribution in [1.29, 1.82) is 0 Å². The highest BCUT2D eigenvalue weighted by molar-refractivity contribution is 5.68. The van der Waals surface area contributed by atoms with Crippen molar-refractivity contribution in [1.82, 2.24) is 14.6 Å². The first-order valence-electron chi connectivity index (χ1n) is 6.21. The van der Waals surface area contributed by atoms with Crippen molar-refractivity contribution >= 4 is 11.3 Å². The van der Waals surface area contributed by atoms with Crippen molar-refractivity contribution in [3.63, 3.8) is 0 Å². The number of halogens is 3. The summed E-state index contributed by atoms with van der Waals surface area (Å²) in [6, 6.07) is 0.972. The number of hydrogen-bond donors (Lipinski definition) is 2. The normalized spacial score (nSPS) is 15.3. The van der Waals surface area contributed by atoms with E-state index in [-0.39, 0.29) is 17.6 Å². The van der Waals surface area contributed by atoms with Crippen LogP contribution in [0, 0.1) is 0 Å². The van der Waals surface area contributed by atoms with Gasteiger partial charge in [0.2, 0.25) is 0 Å². The predicted molar refractivity (Wildman–Crippen MR) is 69.3 cm³/mol. The lowest BCUT2D eigenvalue weighted by Crippen LogP contribution is -2.26. The Morgan fingerprint density at radius 3 is 2.70 bits per heavy atom. The van der Waals surface area contributed by atoms with E-state index in [0.29, 0.717) is 12.2 Å². The van der Waals surface area contributed by atoms with Crippen molar-refractivity contribution in [2.24, 2.45) is 5.73 Å². The first-order valence-corrected chi connectivity index (χ1v) is 6.21. The number of nitrogens with one attached hydrogen (secondary N) is 1. The van der Waals surface area contributed by atoms with Gasteiger partial charge in [-0.05, 0) is 20.3 Å². The molecule has 0 aliphatic rings. The smallest absolute Gasteiger partial charge is 0.366 e. The van der Waals surface area contributed by atoms with Crippen molar-refractivity contribution in [2.75, 3.05) is 5.32 Å². The highest BCUT2D eigenvalue weighted by Crippen LogP contribution is 2.30. The van der Waals surface area contributed by atoms with E-state index < -0.39 is 11.9 Å². The maximum absolute atomic E-state index is 12.7. The molecule has 0 fully saturated rings. The van der Waals surface area contributed by atoms with E-state index in [2.05, 4.69) is 15.4 Å². The highest BCUT2D eigenvalue weighted by Gasteiger charge is 2.34. The SMILES string of the molecule is CC(N)CC(C)Nc1nccn2nc(C(F)(F)F)cc12. The monoisotopic (exact) mass is 287 g/mol. The number of nitrogens with zero attached hydrogens (tertiary/aromatic N) is 3. The molecule has 0 saturated heterocycles. The van der Waals surface area contributed by atoms with E-state index in [1.165, 1.54) is 12.4 Å². The molecule has 0 aliphatic carbocycles. The first kappa shape index (κ1) is 14.6. The molecule has 2 rings (SSSR count). The summed E-state index contributed by atoms with van der Waals surface area (Å²) in [5.74, 6) is 0.364. The van der Waals surface area contributed by atoms with E-state index in [9.17, 15) is 13.2 Å². The minimum Gasteiger partial charge on any atom is -0.366 e. The van der Waals surface area contributed by atoms with Gasteiger partial charge in [-0.25, -0.2) is 9.50 Å². The van der Waals surface area contributed by atoms with Gasteiger partial charge >= 0.3 is 6.18 Å². The minimum absolute atomic E-state index is 0.00191. The van der Waals surface area contributed by atoms with Gasteiger partial charge in [0.1, 0.15) is 5.52 Å². The number of alkyl halides is 3. The fourth-order valence-electron chi connectivity index (χ4n) is 2.02. The largest absolute Gasteiger partial charge is 0.435 e. The van der Waals surface area contributed by atoms with Crippen LogP contribution in [0.25, 0.3) is 5.52 Å². The molecule has 3 N–H and O–H groups in total. The van der Waals surface area contributed by atoms with E-state index in [0.717, 1.165) is 10.6 Å². The number of anilines is 1. The zero-order valence-electron chi connectivity index (χ0n) is 11.1. The quantitative estimate of drug-likeness (QED) is 0.905. The van der Waals surface area contributed by atoms with Crippen LogP contribution in [0.3, 0.4) is 0 Å². The van der Waals surface area contributed by atoms with Crippen LogP contribution in [0.5, 0.6) is 0 Å². The molecule has 0 spiro atoms. The Morgan fingerprint density at radius 1 is 1.40 bits per heavy atom. The van der Waals surface area contributed by atoms with E-state index in [4.69, 9.17) is 5.73 Å². The van der Waals surface area contributed by atoms with Crippen LogP contribution in [0.15, 0.2) is 18.5 Å². The first-order chi connectivity index (χ1) is 9.27. The molecule has 20 heavy (non-hydrogen) atoms. The van der Waals surface area contributed by atoms with Gasteiger partial charge in [-0.1, -0.05) is 0 Å². The van der Waals surface area contributed by atoms with Gasteiger partial charge in [0, 0.05) is 30.5 Å². The second-order valence-electron chi connectivity index (χ2n) is 4.89. The maximum Gasteiger partial charge on any atom is 0.435 e. The van der Waals surface area contributed by atoms with Crippen molar-refractivity contribution in [2.45, 2.75) is 38.5 Å². The summed E-state index contributed by atoms with van der Waals surface area (Å²) in [6.07, 6.45) is -1.00. The average molecular weight is 287 g/mol. The molecular formula is C12H16F3N5. The lowest BCUT2D eigenvalue weighted by Gasteiger charge is -2.16. The Bertz CT molecular complexity index is 590. The van der Waals surface area contributed by atoms with E-state index in [1.54, 1.807) is 0 Å². The average Bonchev–Trinajstić information content (AvgIpc) is 2.72. The fraction of sp³-hybridized carbons (Fsp3) is 0.500. The van der Waals surface area contributed by atoms with Crippen LogP contribution in [0.2, 0.25) is 0 Å². The topological polar surface area (TPSA) is 68.2 Å². The zero-order valence-corrected chi connectivity index (χ0v) is 11.1. The Kier molecular flexibility index (Phi) is 3.85. The van der Waals surface area contributed by atoms with Crippen LogP contribution >= 0.6 is 0 Å². The minimum atomic E-state index is -4.47. The standard InChI is InChI=1S/C12H16F3N5/c1-7(16)5-8(2)18-11-9-6-10(12(13,14)15)19-20(9)4-3-17-11/h3-4,6-8H,5,16H2,1-2H3,(H,17,18). The summed E-state index contributed by atoms with van der Waals surface area (Å²) >= 11 is 0. The van der Waals surface area contributed by atoms with Gasteiger partial charge in [0.05, 0.1) is 0 Å². The van der Waals surface area contributed by atoms with Crippen LogP contribution in [0.4, 0.5) is 19.0 Å². The van der Waals surface area contributed by atoms with E-state index in [1.807, 2.05) is 13.8 Å². The lowest BCUT2D eigenvalue weighted by molar-refractivity contribution is -0.141. The van der Waals surface area contributed by atoms with Crippen LogP contribution < -0.4 is 11.1 Å². The second-order valence-corrected chi connectivity index (χ2v) is 4.89. The Hall–Kier alpha value is -1.83. The molecule has 0 bridgehead atoms. The van der Waals surface area contributed by atoms with Crippen molar-refractivity contribution in [3.8, 4) is 0 Å². The molecule has 2 aromatic rings. The summed E-state index contributed by atoms with van der Waals surface area (Å²) < 4.78 is 39.1. The second kappa shape index (κ2) is 5.28. The molecule has 2 atom stereocenters. The number of aromatic nitrogens is 3. The van der Waals surface area contributed by atoms with Gasteiger partial charge < -0.3 is 11.1 Å². The Labute approximate surface area is 114 Å². The number of hydrogen-bond acceptors (Lipinski definition) is 4. The molecule has 5 nitrogen and oxygen atoms in total. The highest BCUT2D eigenvalue weighted by atomic mass is 19.4. The third-order valence-electron chi connectivity index (χ3n) is 2.79. The summed E-state index contributed by atoms with van der Waals surface area (Å²) in [6.45, 7) is 3.77. The summed E-state index contributed by atoms with van der Waals surface area (Å²) in [4.78, 5) is 4.07. The van der Waals surface area contributed by atoms with Crippen LogP contribution in [-0.4, -0.2) is 26.7 Å². The van der Waals surface area contributed by atoms with Crippen LogP contribution in [0.1, 0.15) is 26.0 Å². The molecule has 2 aromatic heterocycles. The molecule has 2 heterocycles. The van der Waals surface area contributed by atoms with E-state index >= 15 is 0 Å². The maximum atomic E-state index is 12.7. The van der Waals surface area contributed by atoms with Gasteiger partial charge in [-0.2, -0.15) is 18.3 Å². The molecule has 0 amide bonds. The van der Waals surface area contributed by atoms with Crippen molar-refractivity contribution < 1.29 is 13.2 Å². The van der Waals surface area contributed by atoms with Gasteiger partial charge in [0.15, 0.2) is 11.5 Å². The molecule has 110 valence electrons. The third kappa shape index (κ3) is 3.19. The fourth-order valence-corrected chi connectivity index (χ4v) is 2.02. The van der Waals surface area contributed by atoms with Crippen molar-refractivity contribution in [3.05, 3.63) is 24.2 Å². The number of nitrogens with two attached hydrogens (primary N) is 1. The Balaban J connectivity index is 2.32. The lowest BCUT2D eigenvalue weighted by atomic mass is 10.1. The molecule has 0 saturated carbocycles. The van der Waals surface area contributed by atoms with Gasteiger partial charge in [-0.3, -0.25) is 0 Å². The van der Waals surface area contributed by atoms with Crippen LogP contribution in [-0.2, 0) is 6.18 Å². The molecule has 0 radical (unpaired) electrons. The van der Waals surface area contributed by atoms with Gasteiger partial charge in [0.25, 0.3) is 0 Å². The summed E-state index contributed by atoms with van der Waals surface area (Å²) in [5.41, 5.74) is 5.05. The number of rotatable bonds is 4. The molecule has 8 heteroatoms. The summed E-state index contributed by atoms with van der Waals surface area (Å²) in [5, 5.41) is 6.56. The zero-order chi connectivity index (χ0) is 14.9. The molecule has 0 aromatic carbocycles. The predicted octanol–water partition coefficient (Wildman–Crippen LogP) is 2.29. The molecular weight excluding hydrogens is 271 g/mol. The Morgan fingerprint density at radius 2 is 2.10 bits per heavy atom. The third-order valence-corrected chi connectivity index (χ3v) is 2.79. The van der Waals surface area contributed by atoms with Gasteiger partial charge in [-0.15, -0.1) is 0 Å². The molecule has 0 aliphatic heterocycles.